The molecule has 2 aromatic rings. The summed E-state index contributed by atoms with van der Waals surface area (Å²) >= 11 is 5.25. The number of nitrogens with zero attached hydrogens (tertiary/aromatic N) is 2. The maximum absolute atomic E-state index is 6.02. The van der Waals surface area contributed by atoms with Crippen molar-refractivity contribution in [3.8, 4) is 0 Å². The summed E-state index contributed by atoms with van der Waals surface area (Å²) < 4.78 is 6.52. The molecule has 0 saturated heterocycles. The van der Waals surface area contributed by atoms with Crippen molar-refractivity contribution in [2.45, 2.75) is 48.3 Å². The Morgan fingerprint density at radius 2 is 2.19 bits per heavy atom. The van der Waals surface area contributed by atoms with E-state index in [4.69, 9.17) is 10.3 Å². The van der Waals surface area contributed by atoms with Gasteiger partial charge in [-0.1, -0.05) is 23.7 Å². The van der Waals surface area contributed by atoms with Gasteiger partial charge in [-0.25, -0.2) is 0 Å². The average molecular weight is 368 g/mol. The van der Waals surface area contributed by atoms with E-state index in [1.54, 1.807) is 11.8 Å². The highest BCUT2D eigenvalue weighted by molar-refractivity contribution is 9.10. The van der Waals surface area contributed by atoms with Crippen LogP contribution in [0, 0.1) is 0 Å². The number of aromatic nitrogens is 2. The molecule has 0 radical (unpaired) electrons. The monoisotopic (exact) mass is 367 g/mol. The summed E-state index contributed by atoms with van der Waals surface area (Å²) in [6.45, 7) is 0. The van der Waals surface area contributed by atoms with Gasteiger partial charge in [-0.05, 0) is 47.3 Å². The molecule has 2 unspecified atom stereocenters. The summed E-state index contributed by atoms with van der Waals surface area (Å²) in [4.78, 5) is 5.73. The predicted octanol–water partition coefficient (Wildman–Crippen LogP) is 4.11. The Bertz CT molecular complexity index is 604. The first-order chi connectivity index (χ1) is 10.2. The summed E-state index contributed by atoms with van der Waals surface area (Å²) in [5.41, 5.74) is 6.02. The van der Waals surface area contributed by atoms with Crippen molar-refractivity contribution >= 4 is 27.7 Å². The topological polar surface area (TPSA) is 64.9 Å². The number of rotatable bonds is 4. The van der Waals surface area contributed by atoms with E-state index < -0.39 is 0 Å². The van der Waals surface area contributed by atoms with Gasteiger partial charge in [0.1, 0.15) is 0 Å². The number of nitrogens with two attached hydrogens (primary N) is 1. The standard InChI is InChI=1S/C15H18BrN3OS/c16-12-6-1-2-7-13(12)21-9-14-18-15(20-19-14)10-4-3-5-11(17)8-10/h1-2,6-7,10-11H,3-5,8-9,17H2. The number of hydrogen-bond donors (Lipinski definition) is 1. The molecule has 1 aromatic heterocycles. The van der Waals surface area contributed by atoms with Gasteiger partial charge in [0.05, 0.1) is 5.75 Å². The molecule has 4 nitrogen and oxygen atoms in total. The molecule has 0 bridgehead atoms. The lowest BCUT2D eigenvalue weighted by Gasteiger charge is -2.23. The summed E-state index contributed by atoms with van der Waals surface area (Å²) in [7, 11) is 0. The maximum atomic E-state index is 6.02. The molecule has 21 heavy (non-hydrogen) atoms. The van der Waals surface area contributed by atoms with E-state index >= 15 is 0 Å². The Morgan fingerprint density at radius 3 is 3.00 bits per heavy atom. The quantitative estimate of drug-likeness (QED) is 0.823. The van der Waals surface area contributed by atoms with E-state index in [2.05, 4.69) is 32.1 Å². The van der Waals surface area contributed by atoms with Gasteiger partial charge >= 0.3 is 0 Å². The number of benzene rings is 1. The Morgan fingerprint density at radius 1 is 1.33 bits per heavy atom. The van der Waals surface area contributed by atoms with Gasteiger partial charge in [0, 0.05) is 21.3 Å². The highest BCUT2D eigenvalue weighted by atomic mass is 79.9. The van der Waals surface area contributed by atoms with Crippen molar-refractivity contribution in [3.05, 3.63) is 40.5 Å². The highest BCUT2D eigenvalue weighted by Crippen LogP contribution is 2.32. The highest BCUT2D eigenvalue weighted by Gasteiger charge is 2.25. The first kappa shape index (κ1) is 15.1. The summed E-state index contributed by atoms with van der Waals surface area (Å²) in [6, 6.07) is 8.42. The lowest BCUT2D eigenvalue weighted by molar-refractivity contribution is 0.297. The summed E-state index contributed by atoms with van der Waals surface area (Å²) in [5, 5.41) is 4.10. The Labute approximate surface area is 137 Å². The average Bonchev–Trinajstić information content (AvgIpc) is 2.95. The summed E-state index contributed by atoms with van der Waals surface area (Å²) in [5.74, 6) is 2.56. The Kier molecular flexibility index (Phi) is 4.98. The van der Waals surface area contributed by atoms with Gasteiger partial charge in [-0.3, -0.25) is 0 Å². The van der Waals surface area contributed by atoms with E-state index in [1.165, 1.54) is 4.90 Å². The van der Waals surface area contributed by atoms with Crippen LogP contribution in [0.5, 0.6) is 0 Å². The molecule has 1 saturated carbocycles. The van der Waals surface area contributed by atoms with E-state index in [0.29, 0.717) is 11.7 Å². The largest absolute Gasteiger partial charge is 0.339 e. The Balaban J connectivity index is 1.61. The number of thioether (sulfide) groups is 1. The van der Waals surface area contributed by atoms with Crippen LogP contribution in [-0.4, -0.2) is 16.2 Å². The molecule has 0 aliphatic heterocycles. The fourth-order valence-corrected chi connectivity index (χ4v) is 4.06. The lowest BCUT2D eigenvalue weighted by atomic mass is 9.86. The summed E-state index contributed by atoms with van der Waals surface area (Å²) in [6.07, 6.45) is 4.32. The predicted molar refractivity (Wildman–Crippen MR) is 87.2 cm³/mol. The smallest absolute Gasteiger partial charge is 0.229 e. The number of hydrogen-bond acceptors (Lipinski definition) is 5. The molecular weight excluding hydrogens is 350 g/mol. The van der Waals surface area contributed by atoms with Crippen LogP contribution in [0.2, 0.25) is 0 Å². The Hall–Kier alpha value is -0.850. The zero-order chi connectivity index (χ0) is 14.7. The van der Waals surface area contributed by atoms with Crippen LogP contribution >= 0.6 is 27.7 Å². The molecule has 0 spiro atoms. The molecule has 6 heteroatoms. The van der Waals surface area contributed by atoms with Gasteiger partial charge in [0.15, 0.2) is 5.82 Å². The SMILES string of the molecule is NC1CCCC(c2nc(CSc3ccccc3Br)no2)C1. The fourth-order valence-electron chi connectivity index (χ4n) is 2.65. The van der Waals surface area contributed by atoms with Gasteiger partial charge < -0.3 is 10.3 Å². The van der Waals surface area contributed by atoms with Gasteiger partial charge in [-0.2, -0.15) is 4.98 Å². The second-order valence-electron chi connectivity index (χ2n) is 5.39. The van der Waals surface area contributed by atoms with E-state index in [1.807, 2.05) is 18.2 Å². The minimum atomic E-state index is 0.272. The molecule has 1 aromatic carbocycles. The van der Waals surface area contributed by atoms with Crippen molar-refractivity contribution in [1.29, 1.82) is 0 Å². The van der Waals surface area contributed by atoms with E-state index in [0.717, 1.165) is 41.9 Å². The van der Waals surface area contributed by atoms with Crippen LogP contribution in [0.3, 0.4) is 0 Å². The van der Waals surface area contributed by atoms with Crippen LogP contribution in [0.25, 0.3) is 0 Å². The van der Waals surface area contributed by atoms with Crippen molar-refractivity contribution in [2.75, 3.05) is 0 Å². The van der Waals surface area contributed by atoms with Gasteiger partial charge in [0.2, 0.25) is 5.89 Å². The normalized spacial score (nSPS) is 22.4. The van der Waals surface area contributed by atoms with Crippen LogP contribution in [0.15, 0.2) is 38.2 Å². The molecule has 1 fully saturated rings. The lowest BCUT2D eigenvalue weighted by Crippen LogP contribution is -2.26. The minimum Gasteiger partial charge on any atom is -0.339 e. The second kappa shape index (κ2) is 6.94. The van der Waals surface area contributed by atoms with E-state index in [9.17, 15) is 0 Å². The third-order valence-corrected chi connectivity index (χ3v) is 5.76. The first-order valence-electron chi connectivity index (χ1n) is 7.18. The molecule has 1 heterocycles. The third-order valence-electron chi connectivity index (χ3n) is 3.74. The molecule has 3 rings (SSSR count). The molecule has 112 valence electrons. The van der Waals surface area contributed by atoms with Crippen LogP contribution in [0.4, 0.5) is 0 Å². The van der Waals surface area contributed by atoms with Crippen molar-refractivity contribution in [3.63, 3.8) is 0 Å². The van der Waals surface area contributed by atoms with E-state index in [-0.39, 0.29) is 6.04 Å². The van der Waals surface area contributed by atoms with Gasteiger partial charge in [-0.15, -0.1) is 11.8 Å². The van der Waals surface area contributed by atoms with Crippen LogP contribution in [0.1, 0.15) is 43.3 Å². The minimum absolute atomic E-state index is 0.272. The van der Waals surface area contributed by atoms with Crippen LogP contribution < -0.4 is 5.73 Å². The number of halogens is 1. The molecule has 1 aliphatic carbocycles. The zero-order valence-electron chi connectivity index (χ0n) is 11.7. The fraction of sp³-hybridized carbons (Fsp3) is 0.467. The zero-order valence-corrected chi connectivity index (χ0v) is 14.1. The third kappa shape index (κ3) is 3.87. The second-order valence-corrected chi connectivity index (χ2v) is 7.26. The van der Waals surface area contributed by atoms with Gasteiger partial charge in [0.25, 0.3) is 0 Å². The first-order valence-corrected chi connectivity index (χ1v) is 8.95. The van der Waals surface area contributed by atoms with Crippen molar-refractivity contribution in [1.82, 2.24) is 10.1 Å². The molecule has 0 amide bonds. The van der Waals surface area contributed by atoms with Crippen molar-refractivity contribution < 1.29 is 4.52 Å². The van der Waals surface area contributed by atoms with Crippen LogP contribution in [-0.2, 0) is 5.75 Å². The van der Waals surface area contributed by atoms with Crippen molar-refractivity contribution in [2.24, 2.45) is 5.73 Å². The maximum Gasteiger partial charge on any atom is 0.229 e. The molecule has 1 aliphatic rings. The molecule has 2 N–H and O–H groups in total. The molecule has 2 atom stereocenters. The molecular formula is C15H18BrN3OS.